The number of hydrogen-bond donors (Lipinski definition) is 3. The summed E-state index contributed by atoms with van der Waals surface area (Å²) in [6.45, 7) is 1.85. The van der Waals surface area contributed by atoms with Crippen molar-refractivity contribution in [3.63, 3.8) is 0 Å². The van der Waals surface area contributed by atoms with Crippen LogP contribution in [0.3, 0.4) is 0 Å². The number of amides is 2. The van der Waals surface area contributed by atoms with Crippen LogP contribution in [0.15, 0.2) is 58.9 Å². The number of sulfonamides is 1. The van der Waals surface area contributed by atoms with Crippen LogP contribution in [0.25, 0.3) is 15.9 Å². The van der Waals surface area contributed by atoms with E-state index < -0.39 is 16.1 Å². The lowest BCUT2D eigenvalue weighted by Gasteiger charge is -2.11. The van der Waals surface area contributed by atoms with Crippen LogP contribution in [0.1, 0.15) is 5.56 Å². The van der Waals surface area contributed by atoms with Gasteiger partial charge in [0.15, 0.2) is 5.82 Å². The minimum Gasteiger partial charge on any atom is -0.311 e. The van der Waals surface area contributed by atoms with Gasteiger partial charge in [0.2, 0.25) is 0 Å². The average Bonchev–Trinajstić information content (AvgIpc) is 3.28. The molecule has 1 aromatic carbocycles. The fraction of sp³-hybridized carbons (Fsp3) is 0.0588. The van der Waals surface area contributed by atoms with Gasteiger partial charge in [0.05, 0.1) is 15.9 Å². The van der Waals surface area contributed by atoms with Gasteiger partial charge in [-0.3, -0.25) is 5.43 Å². The summed E-state index contributed by atoms with van der Waals surface area (Å²) in [5, 5.41) is 1.93. The Morgan fingerprint density at radius 3 is 2.67 bits per heavy atom. The molecule has 10 heteroatoms. The molecule has 2 amide bonds. The summed E-state index contributed by atoms with van der Waals surface area (Å²) in [6, 6.07) is 11.0. The lowest BCUT2D eigenvalue weighted by atomic mass is 10.2. The number of nitrogens with one attached hydrogen (secondary N) is 3. The molecule has 4 aromatic rings. The topological polar surface area (TPSA) is 105 Å². The second-order valence-electron chi connectivity index (χ2n) is 5.83. The number of urea groups is 1. The molecular weight excluding hydrogens is 386 g/mol. The first-order valence-corrected chi connectivity index (χ1v) is 10.3. The van der Waals surface area contributed by atoms with Crippen LogP contribution in [-0.2, 0) is 10.0 Å². The zero-order valence-corrected chi connectivity index (χ0v) is 15.8. The Morgan fingerprint density at radius 2 is 1.89 bits per heavy atom. The standard InChI is InChI=1S/C17H15N5O3S2/c1-11-4-6-12(7-5-11)27(24,25)21-17(23)20-19-15-13-3-2-9-22(13)14-8-10-26-16(14)18-15/h2-10H,1H3,(H,18,19)(H2,20,21,23). The molecule has 138 valence electrons. The Kier molecular flexibility index (Phi) is 4.21. The van der Waals surface area contributed by atoms with E-state index in [1.54, 1.807) is 12.1 Å². The molecule has 8 nitrogen and oxygen atoms in total. The number of thiophene rings is 1. The van der Waals surface area contributed by atoms with Crippen LogP contribution >= 0.6 is 11.3 Å². The highest BCUT2D eigenvalue weighted by molar-refractivity contribution is 7.90. The molecule has 0 saturated carbocycles. The van der Waals surface area contributed by atoms with Crippen molar-refractivity contribution < 1.29 is 13.2 Å². The van der Waals surface area contributed by atoms with E-state index in [9.17, 15) is 13.2 Å². The average molecular weight is 401 g/mol. The molecule has 0 aliphatic carbocycles. The van der Waals surface area contributed by atoms with Gasteiger partial charge in [-0.25, -0.2) is 28.3 Å². The predicted octanol–water partition coefficient (Wildman–Crippen LogP) is 2.87. The summed E-state index contributed by atoms with van der Waals surface area (Å²) < 4.78 is 28.4. The fourth-order valence-corrected chi connectivity index (χ4v) is 4.30. The van der Waals surface area contributed by atoms with Crippen molar-refractivity contribution in [1.82, 2.24) is 19.5 Å². The summed E-state index contributed by atoms with van der Waals surface area (Å²) in [7, 11) is -3.96. The maximum Gasteiger partial charge on any atom is 0.347 e. The molecule has 0 radical (unpaired) electrons. The van der Waals surface area contributed by atoms with Crippen LogP contribution in [0.5, 0.6) is 0 Å². The van der Waals surface area contributed by atoms with Crippen molar-refractivity contribution in [3.8, 4) is 0 Å². The molecule has 3 N–H and O–H groups in total. The fourth-order valence-electron chi connectivity index (χ4n) is 2.64. The van der Waals surface area contributed by atoms with E-state index in [1.165, 1.54) is 23.5 Å². The smallest absolute Gasteiger partial charge is 0.311 e. The van der Waals surface area contributed by atoms with Crippen LogP contribution in [0.4, 0.5) is 10.6 Å². The molecule has 27 heavy (non-hydrogen) atoms. The van der Waals surface area contributed by atoms with Crippen LogP contribution in [0, 0.1) is 6.92 Å². The van der Waals surface area contributed by atoms with E-state index in [0.29, 0.717) is 5.82 Å². The number of aryl methyl sites for hydroxylation is 1. The number of hydrazine groups is 1. The lowest BCUT2D eigenvalue weighted by molar-refractivity contribution is 0.247. The van der Waals surface area contributed by atoms with Gasteiger partial charge in [0, 0.05) is 6.20 Å². The molecule has 0 saturated heterocycles. The Bertz CT molecular complexity index is 1240. The van der Waals surface area contributed by atoms with E-state index in [2.05, 4.69) is 15.8 Å². The van der Waals surface area contributed by atoms with Gasteiger partial charge in [-0.15, -0.1) is 11.3 Å². The molecule has 0 aliphatic rings. The molecule has 0 unspecified atom stereocenters. The van der Waals surface area contributed by atoms with E-state index in [1.807, 2.05) is 45.8 Å². The molecule has 0 bridgehead atoms. The number of carbonyl (C=O) groups is 1. The first-order chi connectivity index (χ1) is 12.9. The van der Waals surface area contributed by atoms with Gasteiger partial charge in [0.1, 0.15) is 4.83 Å². The first-order valence-electron chi connectivity index (χ1n) is 7.94. The highest BCUT2D eigenvalue weighted by Gasteiger charge is 2.17. The van der Waals surface area contributed by atoms with Gasteiger partial charge in [-0.1, -0.05) is 17.7 Å². The van der Waals surface area contributed by atoms with Gasteiger partial charge in [-0.2, -0.15) is 0 Å². The normalized spacial score (nSPS) is 11.6. The maximum absolute atomic E-state index is 12.3. The third-order valence-corrected chi connectivity index (χ3v) is 6.08. The van der Waals surface area contributed by atoms with Crippen LogP contribution in [-0.4, -0.2) is 23.8 Å². The second kappa shape index (κ2) is 6.56. The number of hydrogen-bond acceptors (Lipinski definition) is 6. The molecule has 0 atom stereocenters. The number of rotatable bonds is 4. The monoisotopic (exact) mass is 401 g/mol. The molecule has 0 fully saturated rings. The van der Waals surface area contributed by atoms with Crippen molar-refractivity contribution >= 4 is 49.1 Å². The van der Waals surface area contributed by atoms with E-state index in [0.717, 1.165) is 21.4 Å². The van der Waals surface area contributed by atoms with Crippen LogP contribution in [0.2, 0.25) is 0 Å². The molecule has 3 aromatic heterocycles. The third kappa shape index (κ3) is 3.32. The van der Waals surface area contributed by atoms with E-state index in [-0.39, 0.29) is 4.90 Å². The number of fused-ring (bicyclic) bond motifs is 3. The highest BCUT2D eigenvalue weighted by atomic mass is 32.2. The molecule has 4 rings (SSSR count). The number of aromatic nitrogens is 2. The quantitative estimate of drug-likeness (QED) is 0.456. The SMILES string of the molecule is Cc1ccc(S(=O)(=O)NC(=O)NNc2nc3sccc3n3cccc23)cc1. The zero-order chi connectivity index (χ0) is 19.0. The summed E-state index contributed by atoms with van der Waals surface area (Å²) in [6.07, 6.45) is 1.89. The van der Waals surface area contributed by atoms with E-state index in [4.69, 9.17) is 0 Å². The number of anilines is 1. The predicted molar refractivity (Wildman–Crippen MR) is 104 cm³/mol. The first kappa shape index (κ1) is 17.3. The summed E-state index contributed by atoms with van der Waals surface area (Å²) in [4.78, 5) is 17.3. The lowest BCUT2D eigenvalue weighted by Crippen LogP contribution is -2.42. The molecular formula is C17H15N5O3S2. The molecule has 0 spiro atoms. The largest absolute Gasteiger partial charge is 0.347 e. The Hall–Kier alpha value is -3.11. The second-order valence-corrected chi connectivity index (χ2v) is 8.41. The summed E-state index contributed by atoms with van der Waals surface area (Å²) in [5.74, 6) is 0.415. The third-order valence-electron chi connectivity index (χ3n) is 3.94. The van der Waals surface area contributed by atoms with Gasteiger partial charge < -0.3 is 4.40 Å². The molecule has 0 aliphatic heterocycles. The number of benzene rings is 1. The minimum absolute atomic E-state index is 0.00959. The summed E-state index contributed by atoms with van der Waals surface area (Å²) in [5.41, 5.74) is 7.64. The number of nitrogens with zero attached hydrogens (tertiary/aromatic N) is 2. The van der Waals surface area contributed by atoms with Crippen molar-refractivity contribution in [3.05, 3.63) is 59.6 Å². The van der Waals surface area contributed by atoms with E-state index >= 15 is 0 Å². The highest BCUT2D eigenvalue weighted by Crippen LogP contribution is 2.25. The van der Waals surface area contributed by atoms with Crippen LogP contribution < -0.4 is 15.6 Å². The maximum atomic E-state index is 12.3. The minimum atomic E-state index is -3.96. The Labute approximate surface area is 158 Å². The van der Waals surface area contributed by atoms with Crippen molar-refractivity contribution in [2.24, 2.45) is 0 Å². The van der Waals surface area contributed by atoms with Gasteiger partial charge in [0.25, 0.3) is 10.0 Å². The van der Waals surface area contributed by atoms with Gasteiger partial charge in [-0.05, 0) is 42.6 Å². The van der Waals surface area contributed by atoms with Crippen molar-refractivity contribution in [1.29, 1.82) is 0 Å². The number of carbonyl (C=O) groups excluding carboxylic acids is 1. The summed E-state index contributed by atoms with van der Waals surface area (Å²) >= 11 is 1.47. The Morgan fingerprint density at radius 1 is 1.11 bits per heavy atom. The van der Waals surface area contributed by atoms with Crippen molar-refractivity contribution in [2.45, 2.75) is 11.8 Å². The van der Waals surface area contributed by atoms with Gasteiger partial charge >= 0.3 is 6.03 Å². The van der Waals surface area contributed by atoms with Crippen molar-refractivity contribution in [2.75, 3.05) is 5.43 Å². The zero-order valence-electron chi connectivity index (χ0n) is 14.1. The Balaban J connectivity index is 1.51. The molecule has 3 heterocycles.